The summed E-state index contributed by atoms with van der Waals surface area (Å²) >= 11 is 0. The molecule has 12 heavy (non-hydrogen) atoms. The van der Waals surface area contributed by atoms with Crippen molar-refractivity contribution in [3.63, 3.8) is 0 Å². The molecule has 0 aromatic rings. The van der Waals surface area contributed by atoms with Crippen LogP contribution in [-0.2, 0) is 0 Å². The lowest BCUT2D eigenvalue weighted by atomic mass is 9.57. The average molecular weight is 165 g/mol. The number of hydrogen-bond acceptors (Lipinski definition) is 1. The van der Waals surface area contributed by atoms with Gasteiger partial charge in [-0.25, -0.2) is 0 Å². The zero-order valence-corrected chi connectivity index (χ0v) is 8.80. The first-order chi connectivity index (χ1) is 5.55. The minimum absolute atomic E-state index is 0.323. The highest BCUT2D eigenvalue weighted by molar-refractivity contribution is 6.62. The molecule has 2 heteroatoms. The maximum absolute atomic E-state index is 2.57. The summed E-state index contributed by atoms with van der Waals surface area (Å²) in [6, 6.07) is 0. The Labute approximate surface area is 76.9 Å². The van der Waals surface area contributed by atoms with E-state index in [9.17, 15) is 0 Å². The van der Waals surface area contributed by atoms with Crippen LogP contribution in [0.3, 0.4) is 0 Å². The zero-order valence-electron chi connectivity index (χ0n) is 8.80. The third-order valence-electron chi connectivity index (χ3n) is 2.51. The first-order valence-electron chi connectivity index (χ1n) is 4.99. The standard InChI is InChI=1S/C10H20BN/c1-5-7-11-8-6-9-12(11)10(2,3)4/h6,8H,5,7,9H2,1-4H3. The molecule has 0 spiro atoms. The van der Waals surface area contributed by atoms with E-state index in [1.807, 2.05) is 0 Å². The fraction of sp³-hybridized carbons (Fsp3) is 0.800. The molecule has 0 aromatic heterocycles. The quantitative estimate of drug-likeness (QED) is 0.568. The first kappa shape index (κ1) is 9.85. The van der Waals surface area contributed by atoms with Gasteiger partial charge in [0.1, 0.15) is 0 Å². The molecule has 1 rings (SSSR count). The second kappa shape index (κ2) is 3.65. The zero-order chi connectivity index (χ0) is 9.19. The van der Waals surface area contributed by atoms with E-state index in [1.165, 1.54) is 12.7 Å². The van der Waals surface area contributed by atoms with Gasteiger partial charge in [-0.1, -0.05) is 25.7 Å². The summed E-state index contributed by atoms with van der Waals surface area (Å²) in [7, 11) is 0. The molecule has 0 aromatic carbocycles. The molecule has 1 nitrogen and oxygen atoms in total. The van der Waals surface area contributed by atoms with Crippen LogP contribution < -0.4 is 0 Å². The van der Waals surface area contributed by atoms with Gasteiger partial charge in [-0.05, 0) is 20.8 Å². The molecule has 0 fully saturated rings. The van der Waals surface area contributed by atoms with Crippen molar-refractivity contribution in [3.8, 4) is 0 Å². The summed E-state index contributed by atoms with van der Waals surface area (Å²) < 4.78 is 0. The fourth-order valence-electron chi connectivity index (χ4n) is 1.89. The van der Waals surface area contributed by atoms with Gasteiger partial charge in [-0.3, -0.25) is 0 Å². The monoisotopic (exact) mass is 165 g/mol. The molecule has 1 aliphatic rings. The van der Waals surface area contributed by atoms with E-state index >= 15 is 0 Å². The van der Waals surface area contributed by atoms with E-state index in [2.05, 4.69) is 44.6 Å². The predicted molar refractivity (Wildman–Crippen MR) is 56.5 cm³/mol. The second-order valence-corrected chi connectivity index (χ2v) is 4.61. The molecule has 0 bridgehead atoms. The van der Waals surface area contributed by atoms with Crippen LogP contribution in [0.2, 0.25) is 6.32 Å². The maximum Gasteiger partial charge on any atom is 0.250 e. The second-order valence-electron chi connectivity index (χ2n) is 4.61. The van der Waals surface area contributed by atoms with Crippen LogP contribution in [0.1, 0.15) is 34.1 Å². The number of nitrogens with zero attached hydrogens (tertiary/aromatic N) is 1. The Kier molecular flexibility index (Phi) is 3.00. The lowest BCUT2D eigenvalue weighted by molar-refractivity contribution is 0.275. The molecule has 0 unspecified atom stereocenters. The van der Waals surface area contributed by atoms with E-state index in [0.717, 1.165) is 6.54 Å². The predicted octanol–water partition coefficient (Wildman–Crippen LogP) is 2.60. The van der Waals surface area contributed by atoms with Crippen LogP contribution in [0.5, 0.6) is 0 Å². The molecule has 0 N–H and O–H groups in total. The van der Waals surface area contributed by atoms with Crippen molar-refractivity contribution in [1.82, 2.24) is 4.81 Å². The van der Waals surface area contributed by atoms with E-state index in [4.69, 9.17) is 0 Å². The first-order valence-corrected chi connectivity index (χ1v) is 4.99. The van der Waals surface area contributed by atoms with Crippen molar-refractivity contribution in [2.24, 2.45) is 0 Å². The summed E-state index contributed by atoms with van der Waals surface area (Å²) in [4.78, 5) is 2.57. The van der Waals surface area contributed by atoms with Gasteiger partial charge < -0.3 is 4.81 Å². The van der Waals surface area contributed by atoms with E-state index in [0.29, 0.717) is 12.4 Å². The Morgan fingerprint density at radius 2 is 2.08 bits per heavy atom. The Bertz CT molecular complexity index is 169. The average Bonchev–Trinajstić information content (AvgIpc) is 2.34. The lowest BCUT2D eigenvalue weighted by Crippen LogP contribution is -2.47. The van der Waals surface area contributed by atoms with Gasteiger partial charge in [0, 0.05) is 12.1 Å². The Hall–Kier alpha value is -0.235. The fourth-order valence-corrected chi connectivity index (χ4v) is 1.89. The van der Waals surface area contributed by atoms with Gasteiger partial charge >= 0.3 is 0 Å². The molecule has 1 heterocycles. The summed E-state index contributed by atoms with van der Waals surface area (Å²) in [6.45, 7) is 11.0. The summed E-state index contributed by atoms with van der Waals surface area (Å²) in [5, 5.41) is 0. The molecule has 0 saturated carbocycles. The molecule has 0 amide bonds. The van der Waals surface area contributed by atoms with Crippen LogP contribution in [0.25, 0.3) is 0 Å². The summed E-state index contributed by atoms with van der Waals surface area (Å²) in [5.41, 5.74) is 0.323. The normalized spacial score (nSPS) is 19.2. The molecule has 0 aliphatic carbocycles. The minimum atomic E-state index is 0.323. The Morgan fingerprint density at radius 3 is 2.58 bits per heavy atom. The van der Waals surface area contributed by atoms with Crippen LogP contribution in [0, 0.1) is 0 Å². The Morgan fingerprint density at radius 1 is 1.42 bits per heavy atom. The highest BCUT2D eigenvalue weighted by Gasteiger charge is 2.31. The molecule has 1 aliphatic heterocycles. The number of hydrogen-bond donors (Lipinski definition) is 0. The third kappa shape index (κ3) is 2.13. The molecule has 0 saturated heterocycles. The largest absolute Gasteiger partial charge is 0.330 e. The van der Waals surface area contributed by atoms with Crippen molar-refractivity contribution >= 4 is 6.85 Å². The van der Waals surface area contributed by atoms with Gasteiger partial charge in [-0.15, -0.1) is 5.98 Å². The molecular formula is C10H20BN. The van der Waals surface area contributed by atoms with Crippen molar-refractivity contribution in [3.05, 3.63) is 12.1 Å². The van der Waals surface area contributed by atoms with Gasteiger partial charge in [-0.2, -0.15) is 0 Å². The van der Waals surface area contributed by atoms with Crippen molar-refractivity contribution in [1.29, 1.82) is 0 Å². The van der Waals surface area contributed by atoms with Crippen LogP contribution in [0.4, 0.5) is 0 Å². The highest BCUT2D eigenvalue weighted by Crippen LogP contribution is 2.22. The van der Waals surface area contributed by atoms with Gasteiger partial charge in [0.15, 0.2) is 0 Å². The van der Waals surface area contributed by atoms with E-state index < -0.39 is 0 Å². The molecule has 0 atom stereocenters. The van der Waals surface area contributed by atoms with Crippen molar-refractivity contribution in [2.75, 3.05) is 6.54 Å². The third-order valence-corrected chi connectivity index (χ3v) is 2.51. The van der Waals surface area contributed by atoms with Crippen molar-refractivity contribution in [2.45, 2.75) is 46.0 Å². The lowest BCUT2D eigenvalue weighted by Gasteiger charge is -2.36. The highest BCUT2D eigenvalue weighted by atomic mass is 15.1. The van der Waals surface area contributed by atoms with E-state index in [-0.39, 0.29) is 0 Å². The van der Waals surface area contributed by atoms with Crippen molar-refractivity contribution < 1.29 is 0 Å². The maximum atomic E-state index is 2.57. The van der Waals surface area contributed by atoms with Crippen LogP contribution in [0.15, 0.2) is 12.1 Å². The van der Waals surface area contributed by atoms with Gasteiger partial charge in [0.25, 0.3) is 0 Å². The van der Waals surface area contributed by atoms with Gasteiger partial charge in [0.05, 0.1) is 0 Å². The smallest absolute Gasteiger partial charge is 0.250 e. The SMILES string of the molecule is CCCB1C=CCN1C(C)(C)C. The van der Waals surface area contributed by atoms with Crippen LogP contribution in [-0.4, -0.2) is 23.7 Å². The van der Waals surface area contributed by atoms with E-state index in [1.54, 1.807) is 0 Å². The molecule has 0 radical (unpaired) electrons. The van der Waals surface area contributed by atoms with Crippen LogP contribution >= 0.6 is 0 Å². The minimum Gasteiger partial charge on any atom is -0.330 e. The summed E-state index contributed by atoms with van der Waals surface area (Å²) in [5.74, 6) is 2.36. The molecule has 68 valence electrons. The summed E-state index contributed by atoms with van der Waals surface area (Å²) in [6.07, 6.45) is 4.88. The topological polar surface area (TPSA) is 3.24 Å². The van der Waals surface area contributed by atoms with Gasteiger partial charge in [0.2, 0.25) is 6.85 Å². The number of rotatable bonds is 2. The molecular weight excluding hydrogens is 145 g/mol. The Balaban J connectivity index is 2.56.